The van der Waals surface area contributed by atoms with Gasteiger partial charge in [0.1, 0.15) is 0 Å². The number of aryl methyl sites for hydroxylation is 1. The summed E-state index contributed by atoms with van der Waals surface area (Å²) in [4.78, 5) is 0. The topological polar surface area (TPSA) is 32.3 Å². The molecule has 1 aromatic carbocycles. The SMILES string of the molecule is Cc1ccc(C(C)(C)C)cc1C(C)(C)CNCCO. The van der Waals surface area contributed by atoms with Crippen LogP contribution in [0.5, 0.6) is 0 Å². The molecule has 0 radical (unpaired) electrons. The lowest BCUT2D eigenvalue weighted by Crippen LogP contribution is -2.35. The van der Waals surface area contributed by atoms with E-state index in [0.717, 1.165) is 6.54 Å². The van der Waals surface area contributed by atoms with Crippen molar-refractivity contribution in [1.82, 2.24) is 5.32 Å². The standard InChI is InChI=1S/C17H29NO/c1-13-7-8-14(16(2,3)4)11-15(13)17(5,6)12-18-9-10-19/h7-8,11,18-19H,9-10,12H2,1-6H3. The average molecular weight is 263 g/mol. The molecule has 0 heterocycles. The van der Waals surface area contributed by atoms with Crippen molar-refractivity contribution in [2.24, 2.45) is 0 Å². The highest BCUT2D eigenvalue weighted by atomic mass is 16.3. The quantitative estimate of drug-likeness (QED) is 0.800. The van der Waals surface area contributed by atoms with E-state index >= 15 is 0 Å². The molecule has 0 aliphatic rings. The van der Waals surface area contributed by atoms with Crippen LogP contribution in [-0.4, -0.2) is 24.8 Å². The Balaban J connectivity index is 3.04. The van der Waals surface area contributed by atoms with E-state index in [2.05, 4.69) is 65.1 Å². The van der Waals surface area contributed by atoms with Gasteiger partial charge in [0.2, 0.25) is 0 Å². The molecule has 2 heteroatoms. The van der Waals surface area contributed by atoms with Crippen LogP contribution in [0.1, 0.15) is 51.3 Å². The number of aliphatic hydroxyl groups is 1. The van der Waals surface area contributed by atoms with E-state index in [1.54, 1.807) is 0 Å². The third kappa shape index (κ3) is 4.32. The van der Waals surface area contributed by atoms with Gasteiger partial charge < -0.3 is 10.4 Å². The Labute approximate surface area is 118 Å². The van der Waals surface area contributed by atoms with Gasteiger partial charge >= 0.3 is 0 Å². The van der Waals surface area contributed by atoms with Crippen LogP contribution in [0.25, 0.3) is 0 Å². The molecule has 2 N–H and O–H groups in total. The number of hydrogen-bond donors (Lipinski definition) is 2. The fourth-order valence-corrected chi connectivity index (χ4v) is 2.39. The smallest absolute Gasteiger partial charge is 0.0555 e. The minimum absolute atomic E-state index is 0.0700. The maximum Gasteiger partial charge on any atom is 0.0555 e. The molecular formula is C17H29NO. The second-order valence-electron chi connectivity index (χ2n) is 7.06. The second kappa shape index (κ2) is 6.06. The molecule has 0 aromatic heterocycles. The van der Waals surface area contributed by atoms with Crippen LogP contribution in [0.15, 0.2) is 18.2 Å². The lowest BCUT2D eigenvalue weighted by Gasteiger charge is -2.30. The summed E-state index contributed by atoms with van der Waals surface area (Å²) in [6.07, 6.45) is 0. The van der Waals surface area contributed by atoms with Crippen molar-refractivity contribution in [3.63, 3.8) is 0 Å². The van der Waals surface area contributed by atoms with Crippen molar-refractivity contribution >= 4 is 0 Å². The molecule has 108 valence electrons. The molecular weight excluding hydrogens is 234 g/mol. The first-order valence-electron chi connectivity index (χ1n) is 7.11. The Morgan fingerprint density at radius 3 is 2.26 bits per heavy atom. The summed E-state index contributed by atoms with van der Waals surface area (Å²) in [6, 6.07) is 6.80. The Morgan fingerprint density at radius 1 is 1.11 bits per heavy atom. The average Bonchev–Trinajstić information content (AvgIpc) is 2.27. The molecule has 0 fully saturated rings. The van der Waals surface area contributed by atoms with Crippen LogP contribution >= 0.6 is 0 Å². The van der Waals surface area contributed by atoms with Crippen LogP contribution in [0.4, 0.5) is 0 Å². The van der Waals surface area contributed by atoms with Crippen molar-refractivity contribution in [1.29, 1.82) is 0 Å². The molecule has 19 heavy (non-hydrogen) atoms. The summed E-state index contributed by atoms with van der Waals surface area (Å²) in [5.74, 6) is 0. The van der Waals surface area contributed by atoms with Crippen LogP contribution in [0.3, 0.4) is 0 Å². The molecule has 0 spiro atoms. The number of rotatable bonds is 5. The van der Waals surface area contributed by atoms with E-state index < -0.39 is 0 Å². The first-order chi connectivity index (χ1) is 8.68. The van der Waals surface area contributed by atoms with Crippen molar-refractivity contribution < 1.29 is 5.11 Å². The highest BCUT2D eigenvalue weighted by Crippen LogP contribution is 2.31. The van der Waals surface area contributed by atoms with Crippen molar-refractivity contribution in [3.8, 4) is 0 Å². The molecule has 0 aliphatic carbocycles. The monoisotopic (exact) mass is 263 g/mol. The predicted octanol–water partition coefficient (Wildman–Crippen LogP) is 3.15. The maximum absolute atomic E-state index is 8.88. The van der Waals surface area contributed by atoms with Gasteiger partial charge in [-0.15, -0.1) is 0 Å². The normalized spacial score (nSPS) is 12.8. The summed E-state index contributed by atoms with van der Waals surface area (Å²) in [5, 5.41) is 12.2. The fraction of sp³-hybridized carbons (Fsp3) is 0.647. The highest BCUT2D eigenvalue weighted by molar-refractivity contribution is 5.39. The number of hydrogen-bond acceptors (Lipinski definition) is 2. The van der Waals surface area contributed by atoms with E-state index in [4.69, 9.17) is 5.11 Å². The van der Waals surface area contributed by atoms with E-state index in [9.17, 15) is 0 Å². The number of aliphatic hydroxyl groups excluding tert-OH is 1. The summed E-state index contributed by atoms with van der Waals surface area (Å²) in [7, 11) is 0. The van der Waals surface area contributed by atoms with Gasteiger partial charge in [0, 0.05) is 18.5 Å². The van der Waals surface area contributed by atoms with E-state index in [-0.39, 0.29) is 17.4 Å². The summed E-state index contributed by atoms with van der Waals surface area (Å²) in [5.41, 5.74) is 4.36. The van der Waals surface area contributed by atoms with Crippen molar-refractivity contribution in [3.05, 3.63) is 34.9 Å². The largest absolute Gasteiger partial charge is 0.395 e. The molecule has 0 atom stereocenters. The predicted molar refractivity (Wildman–Crippen MR) is 82.9 cm³/mol. The zero-order chi connectivity index (χ0) is 14.7. The van der Waals surface area contributed by atoms with Gasteiger partial charge in [-0.3, -0.25) is 0 Å². The maximum atomic E-state index is 8.88. The third-order valence-electron chi connectivity index (χ3n) is 3.69. The van der Waals surface area contributed by atoms with Gasteiger partial charge in [-0.1, -0.05) is 52.8 Å². The molecule has 0 saturated carbocycles. The van der Waals surface area contributed by atoms with Gasteiger partial charge in [-0.05, 0) is 29.0 Å². The molecule has 1 aromatic rings. The molecule has 2 nitrogen and oxygen atoms in total. The van der Waals surface area contributed by atoms with Gasteiger partial charge in [-0.25, -0.2) is 0 Å². The van der Waals surface area contributed by atoms with E-state index in [1.165, 1.54) is 16.7 Å². The van der Waals surface area contributed by atoms with Crippen LogP contribution in [0, 0.1) is 6.92 Å². The van der Waals surface area contributed by atoms with Crippen LogP contribution < -0.4 is 5.32 Å². The zero-order valence-corrected chi connectivity index (χ0v) is 13.3. The molecule has 0 amide bonds. The highest BCUT2D eigenvalue weighted by Gasteiger charge is 2.24. The molecule has 0 aliphatic heterocycles. The molecule has 1 rings (SSSR count). The Hall–Kier alpha value is -0.860. The van der Waals surface area contributed by atoms with Crippen molar-refractivity contribution in [2.45, 2.75) is 52.4 Å². The van der Waals surface area contributed by atoms with Gasteiger partial charge in [0.05, 0.1) is 6.61 Å². The van der Waals surface area contributed by atoms with E-state index in [1.807, 2.05) is 0 Å². The van der Waals surface area contributed by atoms with Gasteiger partial charge in [0.15, 0.2) is 0 Å². The lowest BCUT2D eigenvalue weighted by molar-refractivity contribution is 0.286. The first-order valence-corrected chi connectivity index (χ1v) is 7.11. The number of benzene rings is 1. The molecule has 0 bridgehead atoms. The van der Waals surface area contributed by atoms with Crippen LogP contribution in [-0.2, 0) is 10.8 Å². The Morgan fingerprint density at radius 2 is 1.74 bits per heavy atom. The minimum atomic E-state index is 0.0700. The summed E-state index contributed by atoms with van der Waals surface area (Å²) >= 11 is 0. The van der Waals surface area contributed by atoms with E-state index in [0.29, 0.717) is 6.54 Å². The summed E-state index contributed by atoms with van der Waals surface area (Å²) in [6.45, 7) is 15.2. The van der Waals surface area contributed by atoms with Gasteiger partial charge in [0.25, 0.3) is 0 Å². The fourth-order valence-electron chi connectivity index (χ4n) is 2.39. The second-order valence-corrected chi connectivity index (χ2v) is 7.06. The van der Waals surface area contributed by atoms with Crippen LogP contribution in [0.2, 0.25) is 0 Å². The lowest BCUT2D eigenvalue weighted by atomic mass is 9.77. The Bertz CT molecular complexity index is 416. The molecule has 0 saturated heterocycles. The van der Waals surface area contributed by atoms with Crippen molar-refractivity contribution in [2.75, 3.05) is 19.7 Å². The Kier molecular flexibility index (Phi) is 5.17. The van der Waals surface area contributed by atoms with Gasteiger partial charge in [-0.2, -0.15) is 0 Å². The molecule has 0 unspecified atom stereocenters. The first kappa shape index (κ1) is 16.2. The minimum Gasteiger partial charge on any atom is -0.395 e. The number of nitrogens with one attached hydrogen (secondary N) is 1. The zero-order valence-electron chi connectivity index (χ0n) is 13.3. The summed E-state index contributed by atoms with van der Waals surface area (Å²) < 4.78 is 0. The third-order valence-corrected chi connectivity index (χ3v) is 3.69.